The summed E-state index contributed by atoms with van der Waals surface area (Å²) < 4.78 is 0. The predicted molar refractivity (Wildman–Crippen MR) is 52.3 cm³/mol. The van der Waals surface area contributed by atoms with Gasteiger partial charge in [-0.25, -0.2) is 4.79 Å². The van der Waals surface area contributed by atoms with E-state index in [1.165, 1.54) is 0 Å². The zero-order valence-electron chi connectivity index (χ0n) is 8.05. The van der Waals surface area contributed by atoms with Crippen molar-refractivity contribution in [2.45, 2.75) is 32.2 Å². The average Bonchev–Trinajstić information content (AvgIpc) is 2.16. The van der Waals surface area contributed by atoms with E-state index in [0.29, 0.717) is 6.42 Å². The Morgan fingerprint density at radius 2 is 2.54 bits per heavy atom. The highest BCUT2D eigenvalue weighted by Crippen LogP contribution is 2.11. The molecule has 3 heteroatoms. The summed E-state index contributed by atoms with van der Waals surface area (Å²) in [4.78, 5) is 13.3. The molecule has 3 nitrogen and oxygen atoms in total. The maximum Gasteiger partial charge on any atom is 0.317 e. The molecule has 0 spiro atoms. The van der Waals surface area contributed by atoms with Crippen molar-refractivity contribution in [2.24, 2.45) is 0 Å². The lowest BCUT2D eigenvalue weighted by molar-refractivity contribution is 0.160. The van der Waals surface area contributed by atoms with Gasteiger partial charge in [-0.1, -0.05) is 6.92 Å². The van der Waals surface area contributed by atoms with Gasteiger partial charge in [0.2, 0.25) is 0 Å². The quantitative estimate of drug-likeness (QED) is 0.650. The lowest BCUT2D eigenvalue weighted by Gasteiger charge is -2.33. The van der Waals surface area contributed by atoms with E-state index < -0.39 is 0 Å². The lowest BCUT2D eigenvalue weighted by atomic mass is 10.1. The van der Waals surface area contributed by atoms with Gasteiger partial charge in [0.25, 0.3) is 0 Å². The zero-order chi connectivity index (χ0) is 9.68. The smallest absolute Gasteiger partial charge is 0.317 e. The van der Waals surface area contributed by atoms with Crippen molar-refractivity contribution < 1.29 is 4.79 Å². The molecule has 0 bridgehead atoms. The van der Waals surface area contributed by atoms with Crippen molar-refractivity contribution in [3.63, 3.8) is 0 Å². The van der Waals surface area contributed by atoms with E-state index in [0.717, 1.165) is 25.9 Å². The Labute approximate surface area is 79.5 Å². The molecule has 13 heavy (non-hydrogen) atoms. The third-order valence-electron chi connectivity index (χ3n) is 2.38. The first-order valence-electron chi connectivity index (χ1n) is 4.77. The highest BCUT2D eigenvalue weighted by Gasteiger charge is 2.23. The number of urea groups is 1. The van der Waals surface area contributed by atoms with Crippen LogP contribution in [0.25, 0.3) is 0 Å². The van der Waals surface area contributed by atoms with Gasteiger partial charge in [-0.05, 0) is 12.8 Å². The molecule has 1 unspecified atom stereocenters. The number of hydrogen-bond acceptors (Lipinski definition) is 1. The number of hydrogen-bond donors (Lipinski definition) is 1. The fourth-order valence-corrected chi connectivity index (χ4v) is 1.61. The molecule has 0 aromatic carbocycles. The summed E-state index contributed by atoms with van der Waals surface area (Å²) in [5.41, 5.74) is 0. The Kier molecular flexibility index (Phi) is 3.63. The Morgan fingerprint density at radius 1 is 1.77 bits per heavy atom. The first kappa shape index (κ1) is 9.91. The minimum Gasteiger partial charge on any atom is -0.338 e. The standard InChI is InChI=1S/C10H16N2O/c1-3-6-9(4-2)12-8-5-7-11-10(12)13/h1,9H,4-8H2,2H3,(H,11,13). The molecule has 0 aromatic rings. The van der Waals surface area contributed by atoms with Crippen LogP contribution in [-0.4, -0.2) is 30.1 Å². The second-order valence-corrected chi connectivity index (χ2v) is 3.25. The number of amides is 2. The molecule has 1 saturated heterocycles. The van der Waals surface area contributed by atoms with Gasteiger partial charge in [0.1, 0.15) is 0 Å². The van der Waals surface area contributed by atoms with Crippen LogP contribution in [0.4, 0.5) is 4.79 Å². The average molecular weight is 180 g/mol. The monoisotopic (exact) mass is 180 g/mol. The van der Waals surface area contributed by atoms with Gasteiger partial charge in [0, 0.05) is 25.6 Å². The van der Waals surface area contributed by atoms with Crippen LogP contribution in [0.5, 0.6) is 0 Å². The molecular weight excluding hydrogens is 164 g/mol. The molecule has 1 N–H and O–H groups in total. The summed E-state index contributed by atoms with van der Waals surface area (Å²) in [6.45, 7) is 3.69. The molecule has 1 aliphatic rings. The maximum atomic E-state index is 11.4. The van der Waals surface area contributed by atoms with Crippen molar-refractivity contribution in [2.75, 3.05) is 13.1 Å². The molecule has 1 heterocycles. The molecule has 2 amide bonds. The normalized spacial score (nSPS) is 19.1. The number of rotatable bonds is 3. The molecule has 1 fully saturated rings. The van der Waals surface area contributed by atoms with E-state index in [4.69, 9.17) is 6.42 Å². The van der Waals surface area contributed by atoms with Gasteiger partial charge >= 0.3 is 6.03 Å². The topological polar surface area (TPSA) is 32.3 Å². The summed E-state index contributed by atoms with van der Waals surface area (Å²) in [6, 6.07) is 0.249. The van der Waals surface area contributed by atoms with Gasteiger partial charge in [0.15, 0.2) is 0 Å². The van der Waals surface area contributed by atoms with Crippen LogP contribution in [0, 0.1) is 12.3 Å². The summed E-state index contributed by atoms with van der Waals surface area (Å²) in [5.74, 6) is 2.61. The molecule has 0 aromatic heterocycles. The second-order valence-electron chi connectivity index (χ2n) is 3.25. The number of terminal acetylenes is 1. The van der Waals surface area contributed by atoms with E-state index in [1.807, 2.05) is 4.90 Å². The molecule has 1 rings (SSSR count). The number of nitrogens with one attached hydrogen (secondary N) is 1. The predicted octanol–water partition coefficient (Wildman–Crippen LogP) is 1.20. The van der Waals surface area contributed by atoms with E-state index in [9.17, 15) is 4.79 Å². The molecule has 0 radical (unpaired) electrons. The largest absolute Gasteiger partial charge is 0.338 e. The summed E-state index contributed by atoms with van der Waals surface area (Å²) in [6.07, 6.45) is 7.85. The number of nitrogens with zero attached hydrogens (tertiary/aromatic N) is 1. The fourth-order valence-electron chi connectivity index (χ4n) is 1.61. The Hall–Kier alpha value is -1.17. The van der Waals surface area contributed by atoms with Crippen molar-refractivity contribution >= 4 is 6.03 Å². The lowest BCUT2D eigenvalue weighted by Crippen LogP contribution is -2.50. The van der Waals surface area contributed by atoms with E-state index in [1.54, 1.807) is 0 Å². The SMILES string of the molecule is C#CCC(CC)N1CCCNC1=O. The zero-order valence-corrected chi connectivity index (χ0v) is 8.05. The minimum atomic E-state index is 0.0355. The van der Waals surface area contributed by atoms with Crippen LogP contribution < -0.4 is 5.32 Å². The summed E-state index contributed by atoms with van der Waals surface area (Å²) in [7, 11) is 0. The summed E-state index contributed by atoms with van der Waals surface area (Å²) >= 11 is 0. The van der Waals surface area contributed by atoms with Crippen LogP contribution in [0.3, 0.4) is 0 Å². The molecule has 0 saturated carbocycles. The van der Waals surface area contributed by atoms with E-state index >= 15 is 0 Å². The first-order chi connectivity index (χ1) is 6.29. The van der Waals surface area contributed by atoms with Crippen LogP contribution >= 0.6 is 0 Å². The first-order valence-corrected chi connectivity index (χ1v) is 4.77. The minimum absolute atomic E-state index is 0.0355. The van der Waals surface area contributed by atoms with Crippen molar-refractivity contribution in [3.05, 3.63) is 0 Å². The maximum absolute atomic E-state index is 11.4. The summed E-state index contributed by atoms with van der Waals surface area (Å²) in [5, 5.41) is 2.82. The van der Waals surface area contributed by atoms with Crippen LogP contribution in [0.15, 0.2) is 0 Å². The fraction of sp³-hybridized carbons (Fsp3) is 0.700. The number of carbonyl (C=O) groups is 1. The van der Waals surface area contributed by atoms with Gasteiger partial charge in [-0.15, -0.1) is 12.3 Å². The highest BCUT2D eigenvalue weighted by atomic mass is 16.2. The third-order valence-corrected chi connectivity index (χ3v) is 2.38. The third kappa shape index (κ3) is 2.38. The van der Waals surface area contributed by atoms with E-state index in [2.05, 4.69) is 18.2 Å². The molecule has 1 aliphatic heterocycles. The van der Waals surface area contributed by atoms with Crippen molar-refractivity contribution in [1.29, 1.82) is 0 Å². The van der Waals surface area contributed by atoms with Gasteiger partial charge in [-0.2, -0.15) is 0 Å². The second kappa shape index (κ2) is 4.76. The number of carbonyl (C=O) groups excluding carboxylic acids is 1. The molecule has 1 atom stereocenters. The van der Waals surface area contributed by atoms with Crippen molar-refractivity contribution in [1.82, 2.24) is 10.2 Å². The Bertz CT molecular complexity index is 219. The van der Waals surface area contributed by atoms with Gasteiger partial charge in [0.05, 0.1) is 0 Å². The Balaban J connectivity index is 2.55. The van der Waals surface area contributed by atoms with Crippen LogP contribution in [-0.2, 0) is 0 Å². The molecule has 72 valence electrons. The van der Waals surface area contributed by atoms with E-state index in [-0.39, 0.29) is 12.1 Å². The van der Waals surface area contributed by atoms with Crippen LogP contribution in [0.2, 0.25) is 0 Å². The molecular formula is C10H16N2O. The molecule has 0 aliphatic carbocycles. The van der Waals surface area contributed by atoms with Crippen molar-refractivity contribution in [3.8, 4) is 12.3 Å². The Morgan fingerprint density at radius 3 is 3.08 bits per heavy atom. The highest BCUT2D eigenvalue weighted by molar-refractivity contribution is 5.75. The van der Waals surface area contributed by atoms with Crippen LogP contribution in [0.1, 0.15) is 26.2 Å². The van der Waals surface area contributed by atoms with Gasteiger partial charge in [-0.3, -0.25) is 0 Å². The van der Waals surface area contributed by atoms with Gasteiger partial charge < -0.3 is 10.2 Å².